The molecule has 0 bridgehead atoms. The van der Waals surface area contributed by atoms with Crippen LogP contribution in [0.2, 0.25) is 0 Å². The average Bonchev–Trinajstić information content (AvgIpc) is 2.70. The van der Waals surface area contributed by atoms with Gasteiger partial charge in [-0.25, -0.2) is 0 Å². The Morgan fingerprint density at radius 1 is 0.964 bits per heavy atom. The second kappa shape index (κ2) is 9.36. The van der Waals surface area contributed by atoms with E-state index in [1.807, 2.05) is 0 Å². The fourth-order valence-corrected chi connectivity index (χ4v) is 5.29. The maximum absolute atomic E-state index is 10.8. The highest BCUT2D eigenvalue weighted by Gasteiger charge is 2.25. The average molecular weight is 386 g/mol. The van der Waals surface area contributed by atoms with Crippen molar-refractivity contribution in [3.8, 4) is 0 Å². The maximum atomic E-state index is 10.8. The van der Waals surface area contributed by atoms with E-state index < -0.39 is 5.97 Å². The van der Waals surface area contributed by atoms with Gasteiger partial charge in [0, 0.05) is 17.9 Å². The van der Waals surface area contributed by atoms with Crippen molar-refractivity contribution in [2.24, 2.45) is 11.8 Å². The van der Waals surface area contributed by atoms with Crippen LogP contribution >= 0.6 is 0 Å². The minimum Gasteiger partial charge on any atom is -0.480 e. The number of rotatable bonds is 6. The molecule has 0 saturated carbocycles. The molecule has 4 rings (SSSR count). The van der Waals surface area contributed by atoms with E-state index in [9.17, 15) is 4.79 Å². The third-order valence-electron chi connectivity index (χ3n) is 7.02. The summed E-state index contributed by atoms with van der Waals surface area (Å²) in [7, 11) is 0. The molecule has 1 aromatic heterocycles. The number of hydrogen-bond acceptors (Lipinski definition) is 4. The smallest absolute Gasteiger partial charge is 0.317 e. The predicted octanol–water partition coefficient (Wildman–Crippen LogP) is 3.01. The van der Waals surface area contributed by atoms with Gasteiger partial charge in [-0.15, -0.1) is 0 Å². The van der Waals surface area contributed by atoms with E-state index in [2.05, 4.69) is 21.9 Å². The zero-order valence-corrected chi connectivity index (χ0v) is 17.1. The van der Waals surface area contributed by atoms with Crippen LogP contribution in [-0.2, 0) is 24.1 Å². The number of pyridine rings is 1. The third-order valence-corrected chi connectivity index (χ3v) is 7.02. The van der Waals surface area contributed by atoms with Crippen LogP contribution in [0.1, 0.15) is 55.5 Å². The van der Waals surface area contributed by atoms with Crippen molar-refractivity contribution in [2.45, 2.75) is 57.8 Å². The van der Waals surface area contributed by atoms with Crippen LogP contribution in [0.4, 0.5) is 0 Å². The van der Waals surface area contributed by atoms with E-state index in [1.54, 1.807) is 0 Å². The number of aliphatic carboxylic acids is 1. The van der Waals surface area contributed by atoms with Crippen molar-refractivity contribution in [3.05, 3.63) is 29.1 Å². The van der Waals surface area contributed by atoms with Gasteiger partial charge in [0.15, 0.2) is 0 Å². The highest BCUT2D eigenvalue weighted by Crippen LogP contribution is 2.26. The minimum atomic E-state index is -0.700. The van der Waals surface area contributed by atoms with Gasteiger partial charge in [0.1, 0.15) is 0 Å². The number of hydrogen-bond donors (Lipinski definition) is 1. The molecule has 5 nitrogen and oxygen atoms in total. The van der Waals surface area contributed by atoms with Gasteiger partial charge in [0.25, 0.3) is 0 Å². The Bertz CT molecular complexity index is 662. The highest BCUT2D eigenvalue weighted by atomic mass is 16.4. The lowest BCUT2D eigenvalue weighted by Gasteiger charge is -2.37. The van der Waals surface area contributed by atoms with Gasteiger partial charge in [-0.1, -0.05) is 6.07 Å². The molecule has 2 aliphatic heterocycles. The van der Waals surface area contributed by atoms with Crippen LogP contribution in [0.3, 0.4) is 0 Å². The van der Waals surface area contributed by atoms with Crippen LogP contribution in [0, 0.1) is 11.8 Å². The zero-order chi connectivity index (χ0) is 19.3. The second-order valence-corrected chi connectivity index (χ2v) is 9.18. The summed E-state index contributed by atoms with van der Waals surface area (Å²) in [6, 6.07) is 4.62. The van der Waals surface area contributed by atoms with Crippen molar-refractivity contribution in [1.29, 1.82) is 0 Å². The molecule has 154 valence electrons. The highest BCUT2D eigenvalue weighted by molar-refractivity contribution is 5.69. The molecular weight excluding hydrogens is 350 g/mol. The molecule has 1 aliphatic carbocycles. The molecule has 5 heteroatoms. The Morgan fingerprint density at radius 2 is 1.64 bits per heavy atom. The number of aryl methyl sites for hydroxylation is 2. The van der Waals surface area contributed by atoms with Crippen molar-refractivity contribution in [2.75, 3.05) is 39.3 Å². The Kier molecular flexibility index (Phi) is 6.63. The first-order valence-electron chi connectivity index (χ1n) is 11.3. The summed E-state index contributed by atoms with van der Waals surface area (Å²) in [6.07, 6.45) is 11.0. The molecule has 0 atom stereocenters. The van der Waals surface area contributed by atoms with E-state index in [-0.39, 0.29) is 6.54 Å². The number of piperidine rings is 2. The molecule has 3 heterocycles. The first-order chi connectivity index (χ1) is 13.7. The van der Waals surface area contributed by atoms with Crippen LogP contribution in [0.15, 0.2) is 12.1 Å². The molecule has 1 N–H and O–H groups in total. The lowest BCUT2D eigenvalue weighted by Crippen LogP contribution is -2.42. The third kappa shape index (κ3) is 5.32. The summed E-state index contributed by atoms with van der Waals surface area (Å²) in [4.78, 5) is 20.6. The number of carboxylic acids is 1. The molecular formula is C23H35N3O2. The molecule has 0 aromatic carbocycles. The van der Waals surface area contributed by atoms with Gasteiger partial charge in [0.2, 0.25) is 0 Å². The summed E-state index contributed by atoms with van der Waals surface area (Å²) >= 11 is 0. The largest absolute Gasteiger partial charge is 0.480 e. The molecule has 0 radical (unpaired) electrons. The second-order valence-electron chi connectivity index (χ2n) is 9.18. The standard InChI is InChI=1S/C23H35N3O2/c27-23(28)17-26-13-9-19(10-14-26)16-25-11-7-18(8-12-25)15-21-6-5-20-3-1-2-4-22(20)24-21/h5-6,18-19H,1-4,7-17H2,(H,27,28). The monoisotopic (exact) mass is 385 g/mol. The van der Waals surface area contributed by atoms with E-state index in [0.29, 0.717) is 0 Å². The molecule has 0 unspecified atom stereocenters. The van der Waals surface area contributed by atoms with Gasteiger partial charge in [-0.05, 0) is 107 Å². The lowest BCUT2D eigenvalue weighted by atomic mass is 9.89. The first-order valence-corrected chi connectivity index (χ1v) is 11.3. The van der Waals surface area contributed by atoms with Gasteiger partial charge < -0.3 is 10.0 Å². The van der Waals surface area contributed by atoms with Gasteiger partial charge in [0.05, 0.1) is 6.54 Å². The Morgan fingerprint density at radius 3 is 2.39 bits per heavy atom. The fourth-order valence-electron chi connectivity index (χ4n) is 5.29. The van der Waals surface area contributed by atoms with E-state index >= 15 is 0 Å². The Labute approximate surface area is 169 Å². The number of nitrogens with zero attached hydrogens (tertiary/aromatic N) is 3. The van der Waals surface area contributed by atoms with Crippen LogP contribution in [0.5, 0.6) is 0 Å². The topological polar surface area (TPSA) is 56.7 Å². The summed E-state index contributed by atoms with van der Waals surface area (Å²) in [6.45, 7) is 5.71. The Balaban J connectivity index is 1.18. The van der Waals surface area contributed by atoms with Crippen LogP contribution < -0.4 is 0 Å². The lowest BCUT2D eigenvalue weighted by molar-refractivity contribution is -0.138. The van der Waals surface area contributed by atoms with Gasteiger partial charge in [-0.3, -0.25) is 14.7 Å². The number of carboxylic acid groups (broad SMARTS) is 1. The van der Waals surface area contributed by atoms with Crippen LogP contribution in [-0.4, -0.2) is 65.1 Å². The quantitative estimate of drug-likeness (QED) is 0.816. The SMILES string of the molecule is O=C(O)CN1CCC(CN2CCC(Cc3ccc4c(n3)CCCC4)CC2)CC1. The zero-order valence-electron chi connectivity index (χ0n) is 17.1. The summed E-state index contributed by atoms with van der Waals surface area (Å²) < 4.78 is 0. The number of fused-ring (bicyclic) bond motifs is 1. The summed E-state index contributed by atoms with van der Waals surface area (Å²) in [5.41, 5.74) is 4.17. The summed E-state index contributed by atoms with van der Waals surface area (Å²) in [5, 5.41) is 8.93. The van der Waals surface area contributed by atoms with Gasteiger partial charge >= 0.3 is 5.97 Å². The molecule has 0 amide bonds. The van der Waals surface area contributed by atoms with Crippen molar-refractivity contribution >= 4 is 5.97 Å². The maximum Gasteiger partial charge on any atom is 0.317 e. The molecule has 2 fully saturated rings. The predicted molar refractivity (Wildman–Crippen MR) is 111 cm³/mol. The van der Waals surface area contributed by atoms with E-state index in [4.69, 9.17) is 10.1 Å². The van der Waals surface area contributed by atoms with Crippen LogP contribution in [0.25, 0.3) is 0 Å². The molecule has 0 spiro atoms. The minimum absolute atomic E-state index is 0.203. The van der Waals surface area contributed by atoms with E-state index in [1.165, 1.54) is 75.1 Å². The normalized spacial score (nSPS) is 22.9. The molecule has 28 heavy (non-hydrogen) atoms. The van der Waals surface area contributed by atoms with Crippen molar-refractivity contribution in [3.63, 3.8) is 0 Å². The first kappa shape index (κ1) is 19.8. The molecule has 2 saturated heterocycles. The summed E-state index contributed by atoms with van der Waals surface area (Å²) in [5.74, 6) is 0.820. The number of aromatic nitrogens is 1. The Hall–Kier alpha value is -1.46. The van der Waals surface area contributed by atoms with Crippen molar-refractivity contribution < 1.29 is 9.90 Å². The van der Waals surface area contributed by atoms with Gasteiger partial charge in [-0.2, -0.15) is 0 Å². The van der Waals surface area contributed by atoms with E-state index in [0.717, 1.165) is 44.2 Å². The molecule has 3 aliphatic rings. The fraction of sp³-hybridized carbons (Fsp3) is 0.739. The number of likely N-dealkylation sites (tertiary alicyclic amines) is 2. The molecule has 1 aromatic rings. The number of carbonyl (C=O) groups is 1. The van der Waals surface area contributed by atoms with Crippen molar-refractivity contribution in [1.82, 2.24) is 14.8 Å².